The van der Waals surface area contributed by atoms with Crippen LogP contribution in [0.15, 0.2) is 0 Å². The van der Waals surface area contributed by atoms with Gasteiger partial charge >= 0.3 is 18.0 Å². The number of amides is 2. The Morgan fingerprint density at radius 1 is 1.10 bits per heavy atom. The summed E-state index contributed by atoms with van der Waals surface area (Å²) in [6.07, 6.45) is 2.36. The third-order valence-corrected chi connectivity index (χ3v) is 4.09. The lowest BCUT2D eigenvalue weighted by atomic mass is 9.97. The van der Waals surface area contributed by atoms with E-state index in [1.165, 1.54) is 7.11 Å². The van der Waals surface area contributed by atoms with Crippen molar-refractivity contribution in [1.29, 1.82) is 0 Å². The van der Waals surface area contributed by atoms with Gasteiger partial charge in [-0.3, -0.25) is 4.79 Å². The monoisotopic (exact) mass is 284 g/mol. The van der Waals surface area contributed by atoms with Crippen LogP contribution in [0.25, 0.3) is 0 Å². The van der Waals surface area contributed by atoms with Gasteiger partial charge in [-0.1, -0.05) is 0 Å². The summed E-state index contributed by atoms with van der Waals surface area (Å²) in [6, 6.07) is -0.675. The number of hydrogen-bond acceptors (Lipinski definition) is 4. The molecule has 1 atom stereocenters. The average molecular weight is 284 g/mol. The van der Waals surface area contributed by atoms with Crippen LogP contribution < -0.4 is 0 Å². The highest BCUT2D eigenvalue weighted by molar-refractivity contribution is 5.84. The first-order valence-corrected chi connectivity index (χ1v) is 6.90. The number of rotatable bonds is 2. The molecule has 2 fully saturated rings. The van der Waals surface area contributed by atoms with Gasteiger partial charge in [0, 0.05) is 19.6 Å². The molecule has 0 aromatic rings. The quantitative estimate of drug-likeness (QED) is 0.748. The molecule has 0 aliphatic carbocycles. The van der Waals surface area contributed by atoms with Gasteiger partial charge in [0.25, 0.3) is 0 Å². The summed E-state index contributed by atoms with van der Waals surface area (Å²) in [6.45, 7) is 1.41. The van der Waals surface area contributed by atoms with Crippen molar-refractivity contribution in [2.75, 3.05) is 26.7 Å². The number of carboxylic acid groups (broad SMARTS) is 1. The number of aliphatic carboxylic acids is 1. The maximum Gasteiger partial charge on any atom is 0.328 e. The molecule has 7 nitrogen and oxygen atoms in total. The Labute approximate surface area is 117 Å². The Morgan fingerprint density at radius 3 is 2.30 bits per heavy atom. The molecular formula is C13H20N2O5. The Morgan fingerprint density at radius 2 is 1.75 bits per heavy atom. The number of carboxylic acids is 1. The van der Waals surface area contributed by atoms with Crippen LogP contribution in [-0.2, 0) is 14.3 Å². The lowest BCUT2D eigenvalue weighted by Gasteiger charge is -2.34. The number of likely N-dealkylation sites (tertiary alicyclic amines) is 2. The van der Waals surface area contributed by atoms with Crippen molar-refractivity contribution in [3.63, 3.8) is 0 Å². The third-order valence-electron chi connectivity index (χ3n) is 4.09. The number of piperidine rings is 1. The number of ether oxygens (including phenoxy) is 1. The highest BCUT2D eigenvalue weighted by Gasteiger charge is 2.38. The fourth-order valence-corrected chi connectivity index (χ4v) is 2.88. The molecule has 0 radical (unpaired) electrons. The highest BCUT2D eigenvalue weighted by Crippen LogP contribution is 2.23. The molecule has 0 bridgehead atoms. The fraction of sp³-hybridized carbons (Fsp3) is 0.769. The Bertz CT molecular complexity index is 404. The molecule has 0 aromatic heterocycles. The molecule has 112 valence electrons. The van der Waals surface area contributed by atoms with E-state index < -0.39 is 12.0 Å². The van der Waals surface area contributed by atoms with Crippen LogP contribution in [0.4, 0.5) is 4.79 Å². The summed E-state index contributed by atoms with van der Waals surface area (Å²) in [4.78, 5) is 38.1. The van der Waals surface area contributed by atoms with Crippen LogP contribution in [0.5, 0.6) is 0 Å². The molecule has 1 unspecified atom stereocenters. The predicted molar refractivity (Wildman–Crippen MR) is 69.1 cm³/mol. The van der Waals surface area contributed by atoms with Gasteiger partial charge in [-0.2, -0.15) is 0 Å². The number of carbonyl (C=O) groups excluding carboxylic acids is 2. The molecule has 2 saturated heterocycles. The van der Waals surface area contributed by atoms with Gasteiger partial charge in [-0.05, 0) is 25.7 Å². The van der Waals surface area contributed by atoms with Crippen molar-refractivity contribution in [2.45, 2.75) is 31.7 Å². The minimum atomic E-state index is -0.800. The molecule has 0 aromatic carbocycles. The molecule has 7 heteroatoms. The van der Waals surface area contributed by atoms with Gasteiger partial charge in [-0.15, -0.1) is 0 Å². The van der Waals surface area contributed by atoms with E-state index in [0.29, 0.717) is 38.9 Å². The Kier molecular flexibility index (Phi) is 4.46. The molecule has 2 rings (SSSR count). The number of methoxy groups -OCH3 is 1. The third kappa shape index (κ3) is 2.86. The van der Waals surface area contributed by atoms with Gasteiger partial charge in [0.15, 0.2) is 0 Å². The Balaban J connectivity index is 1.94. The zero-order valence-corrected chi connectivity index (χ0v) is 11.6. The first-order chi connectivity index (χ1) is 9.54. The van der Waals surface area contributed by atoms with E-state index >= 15 is 0 Å². The molecule has 1 N–H and O–H groups in total. The van der Waals surface area contributed by atoms with Crippen LogP contribution in [0.3, 0.4) is 0 Å². The summed E-state index contributed by atoms with van der Waals surface area (Å²) < 4.78 is 4.72. The SMILES string of the molecule is COC(=O)C1CCCN1C(=O)N1CCC(C(=O)O)CC1. The van der Waals surface area contributed by atoms with Crippen LogP contribution >= 0.6 is 0 Å². The molecule has 2 heterocycles. The first-order valence-electron chi connectivity index (χ1n) is 6.90. The molecule has 2 aliphatic rings. The molecule has 2 aliphatic heterocycles. The normalized spacial score (nSPS) is 23.8. The molecular weight excluding hydrogens is 264 g/mol. The molecule has 20 heavy (non-hydrogen) atoms. The van der Waals surface area contributed by atoms with E-state index in [1.54, 1.807) is 9.80 Å². The first kappa shape index (κ1) is 14.6. The molecule has 2 amide bonds. The number of nitrogens with zero attached hydrogens (tertiary/aromatic N) is 2. The van der Waals surface area contributed by atoms with Gasteiger partial charge < -0.3 is 19.6 Å². The van der Waals surface area contributed by atoms with Crippen LogP contribution in [0.2, 0.25) is 0 Å². The zero-order valence-electron chi connectivity index (χ0n) is 11.6. The minimum Gasteiger partial charge on any atom is -0.481 e. The van der Waals surface area contributed by atoms with Crippen LogP contribution in [0, 0.1) is 5.92 Å². The fourth-order valence-electron chi connectivity index (χ4n) is 2.88. The number of carbonyl (C=O) groups is 3. The standard InChI is InChI=1S/C13H20N2O5/c1-20-12(18)10-3-2-6-15(10)13(19)14-7-4-9(5-8-14)11(16)17/h9-10H,2-8H2,1H3,(H,16,17). The summed E-state index contributed by atoms with van der Waals surface area (Å²) >= 11 is 0. The van der Waals surface area contributed by atoms with Gasteiger partial charge in [0.1, 0.15) is 6.04 Å². The minimum absolute atomic E-state index is 0.179. The lowest BCUT2D eigenvalue weighted by Crippen LogP contribution is -2.51. The average Bonchev–Trinajstić information content (AvgIpc) is 2.95. The summed E-state index contributed by atoms with van der Waals surface area (Å²) in [5, 5.41) is 8.95. The predicted octanol–water partition coefficient (Wildman–Crippen LogP) is 0.540. The molecule has 0 spiro atoms. The largest absolute Gasteiger partial charge is 0.481 e. The van der Waals surface area contributed by atoms with E-state index in [1.807, 2.05) is 0 Å². The second-order valence-corrected chi connectivity index (χ2v) is 5.26. The second kappa shape index (κ2) is 6.11. The Hall–Kier alpha value is -1.79. The highest BCUT2D eigenvalue weighted by atomic mass is 16.5. The van der Waals surface area contributed by atoms with Crippen molar-refractivity contribution in [2.24, 2.45) is 5.92 Å². The van der Waals surface area contributed by atoms with Gasteiger partial charge in [0.05, 0.1) is 13.0 Å². The van der Waals surface area contributed by atoms with Crippen molar-refractivity contribution in [3.8, 4) is 0 Å². The van der Waals surface area contributed by atoms with Gasteiger partial charge in [-0.25, -0.2) is 9.59 Å². The number of hydrogen-bond donors (Lipinski definition) is 1. The van der Waals surface area contributed by atoms with E-state index in [9.17, 15) is 14.4 Å². The van der Waals surface area contributed by atoms with Crippen LogP contribution in [0.1, 0.15) is 25.7 Å². The van der Waals surface area contributed by atoms with Crippen molar-refractivity contribution in [3.05, 3.63) is 0 Å². The smallest absolute Gasteiger partial charge is 0.328 e. The van der Waals surface area contributed by atoms with Crippen molar-refractivity contribution >= 4 is 18.0 Å². The maximum absolute atomic E-state index is 12.4. The zero-order chi connectivity index (χ0) is 14.7. The van der Waals surface area contributed by atoms with Gasteiger partial charge in [0.2, 0.25) is 0 Å². The van der Waals surface area contributed by atoms with E-state index in [4.69, 9.17) is 9.84 Å². The van der Waals surface area contributed by atoms with Crippen molar-refractivity contribution < 1.29 is 24.2 Å². The summed E-state index contributed by atoms with van der Waals surface area (Å²) in [5.41, 5.74) is 0. The second-order valence-electron chi connectivity index (χ2n) is 5.26. The van der Waals surface area contributed by atoms with E-state index in [2.05, 4.69) is 0 Å². The lowest BCUT2D eigenvalue weighted by molar-refractivity contribution is -0.145. The number of urea groups is 1. The molecule has 0 saturated carbocycles. The van der Waals surface area contributed by atoms with Crippen molar-refractivity contribution in [1.82, 2.24) is 9.80 Å². The summed E-state index contributed by atoms with van der Waals surface area (Å²) in [7, 11) is 1.32. The van der Waals surface area contributed by atoms with Crippen LogP contribution in [-0.4, -0.2) is 65.7 Å². The topological polar surface area (TPSA) is 87.2 Å². The number of esters is 1. The van der Waals surface area contributed by atoms with E-state index in [0.717, 1.165) is 6.42 Å². The van der Waals surface area contributed by atoms with E-state index in [-0.39, 0.29) is 17.9 Å². The maximum atomic E-state index is 12.4. The summed E-state index contributed by atoms with van der Waals surface area (Å²) in [5.74, 6) is -1.55.